The normalized spacial score (nSPS) is 14.6. The molecule has 198 valence electrons. The molecule has 0 amide bonds. The summed E-state index contributed by atoms with van der Waals surface area (Å²) in [5, 5.41) is 8.84. The second-order valence-electron chi connectivity index (χ2n) is 8.48. The Hall–Kier alpha value is -3.81. The number of aryl methyl sites for hydroxylation is 1. The van der Waals surface area contributed by atoms with Gasteiger partial charge in [0, 0.05) is 49.7 Å². The fourth-order valence-corrected chi connectivity index (χ4v) is 3.98. The van der Waals surface area contributed by atoms with Gasteiger partial charge in [0.15, 0.2) is 17.4 Å². The Kier molecular flexibility index (Phi) is 8.48. The highest BCUT2D eigenvalue weighted by atomic mass is 19.2. The number of nitrogens with zero attached hydrogens (tertiary/aromatic N) is 6. The molecule has 1 aromatic carbocycles. The number of hydrogen-bond acceptors (Lipinski definition) is 9. The average Bonchev–Trinajstić information content (AvgIpc) is 3.37. The number of halogens is 2. The molecule has 13 heteroatoms. The first-order chi connectivity index (χ1) is 17.9. The van der Waals surface area contributed by atoms with Crippen molar-refractivity contribution in [2.24, 2.45) is 16.8 Å². The largest absolute Gasteiger partial charge is 0.489 e. The number of nitrogen functional groups attached to an aromatic ring is 1. The van der Waals surface area contributed by atoms with E-state index in [1.54, 1.807) is 23.1 Å². The number of hydrogen-bond donors (Lipinski definition) is 3. The molecule has 2 aromatic heterocycles. The number of benzene rings is 1. The van der Waals surface area contributed by atoms with Gasteiger partial charge < -0.3 is 21.1 Å². The van der Waals surface area contributed by atoms with Crippen LogP contribution in [0.2, 0.25) is 0 Å². The van der Waals surface area contributed by atoms with Gasteiger partial charge in [-0.1, -0.05) is 6.92 Å². The molecule has 0 bridgehead atoms. The van der Waals surface area contributed by atoms with E-state index in [2.05, 4.69) is 27.0 Å². The lowest BCUT2D eigenvalue weighted by Crippen LogP contribution is -2.40. The Morgan fingerprint density at radius 2 is 1.95 bits per heavy atom. The molecule has 3 heterocycles. The van der Waals surface area contributed by atoms with Crippen molar-refractivity contribution < 1.29 is 18.3 Å². The molecule has 0 unspecified atom stereocenters. The number of hydrazone groups is 1. The second-order valence-corrected chi connectivity index (χ2v) is 8.48. The average molecular weight is 516 g/mol. The van der Waals surface area contributed by atoms with Gasteiger partial charge in [-0.2, -0.15) is 14.6 Å². The maximum Gasteiger partial charge on any atom is 0.202 e. The van der Waals surface area contributed by atoms with Crippen LogP contribution in [0.3, 0.4) is 0 Å². The van der Waals surface area contributed by atoms with Crippen molar-refractivity contribution >= 4 is 17.3 Å². The van der Waals surface area contributed by atoms with E-state index in [9.17, 15) is 4.39 Å². The Morgan fingerprint density at radius 3 is 2.68 bits per heavy atom. The van der Waals surface area contributed by atoms with E-state index in [0.29, 0.717) is 25.3 Å². The third kappa shape index (κ3) is 5.96. The van der Waals surface area contributed by atoms with Crippen LogP contribution in [-0.2, 0) is 11.3 Å². The van der Waals surface area contributed by atoms with Gasteiger partial charge in [-0.25, -0.2) is 15.2 Å². The van der Waals surface area contributed by atoms with Gasteiger partial charge in [0.2, 0.25) is 5.82 Å². The molecule has 1 aliphatic heterocycles. The van der Waals surface area contributed by atoms with Crippen LogP contribution in [0.15, 0.2) is 41.9 Å². The van der Waals surface area contributed by atoms with E-state index < -0.39 is 11.6 Å². The van der Waals surface area contributed by atoms with Gasteiger partial charge >= 0.3 is 0 Å². The van der Waals surface area contributed by atoms with Crippen LogP contribution in [0.5, 0.6) is 5.75 Å². The number of rotatable bonds is 9. The van der Waals surface area contributed by atoms with Gasteiger partial charge in [-0.15, -0.1) is 0 Å². The SMILES string of the molecule is CCCn1cc(-c2cnc(N)c(/C(=N/N)N(N)c3ccc(OCCN4CCOCC4)c(F)c3F)c2)cn1. The predicted octanol–water partition coefficient (Wildman–Crippen LogP) is 1.93. The molecule has 4 rings (SSSR count). The third-order valence-corrected chi connectivity index (χ3v) is 5.98. The summed E-state index contributed by atoms with van der Waals surface area (Å²) in [5.41, 5.74) is 7.48. The standard InChI is InChI=1S/C24H31F2N9O2/c1-2-5-34-15-17(14-31-34)16-12-18(23(27)30-13-16)24(32-28)35(29)19-3-4-20(22(26)21(19)25)37-11-8-33-6-9-36-10-7-33/h3-4,12-15H,2,5-11,28-29H2,1H3,(H2,27,30)/b32-24-. The minimum atomic E-state index is -1.21. The van der Waals surface area contributed by atoms with Crippen molar-refractivity contribution in [3.63, 3.8) is 0 Å². The van der Waals surface area contributed by atoms with E-state index in [0.717, 1.165) is 36.6 Å². The lowest BCUT2D eigenvalue weighted by Gasteiger charge is -2.26. The number of hydrazine groups is 1. The van der Waals surface area contributed by atoms with Gasteiger partial charge in [0.05, 0.1) is 30.7 Å². The molecule has 37 heavy (non-hydrogen) atoms. The van der Waals surface area contributed by atoms with E-state index in [1.807, 2.05) is 6.20 Å². The molecule has 1 saturated heterocycles. The first kappa shape index (κ1) is 26.3. The van der Waals surface area contributed by atoms with Crippen molar-refractivity contribution in [1.82, 2.24) is 19.7 Å². The lowest BCUT2D eigenvalue weighted by atomic mass is 10.1. The van der Waals surface area contributed by atoms with Crippen molar-refractivity contribution in [2.75, 3.05) is 50.2 Å². The molecule has 0 atom stereocenters. The summed E-state index contributed by atoms with van der Waals surface area (Å²) >= 11 is 0. The molecule has 1 fully saturated rings. The van der Waals surface area contributed by atoms with Crippen LogP contribution in [-0.4, -0.2) is 65.0 Å². The minimum Gasteiger partial charge on any atom is -0.489 e. The molecular weight excluding hydrogens is 484 g/mol. The summed E-state index contributed by atoms with van der Waals surface area (Å²) in [5.74, 6) is 9.12. The molecule has 0 spiro atoms. The molecule has 0 saturated carbocycles. The zero-order valence-corrected chi connectivity index (χ0v) is 20.6. The molecule has 0 radical (unpaired) electrons. The highest BCUT2D eigenvalue weighted by molar-refractivity contribution is 6.12. The molecule has 0 aliphatic carbocycles. The van der Waals surface area contributed by atoms with Crippen molar-refractivity contribution in [3.8, 4) is 16.9 Å². The summed E-state index contributed by atoms with van der Waals surface area (Å²) in [6, 6.07) is 4.26. The first-order valence-corrected chi connectivity index (χ1v) is 11.9. The molecule has 1 aliphatic rings. The number of ether oxygens (including phenoxy) is 2. The topological polar surface area (TPSA) is 146 Å². The van der Waals surface area contributed by atoms with Crippen LogP contribution >= 0.6 is 0 Å². The van der Waals surface area contributed by atoms with Gasteiger partial charge in [0.1, 0.15) is 12.4 Å². The highest BCUT2D eigenvalue weighted by Crippen LogP contribution is 2.30. The Balaban J connectivity index is 1.53. The second kappa shape index (κ2) is 12.0. The smallest absolute Gasteiger partial charge is 0.202 e. The number of aromatic nitrogens is 3. The van der Waals surface area contributed by atoms with E-state index >= 15 is 4.39 Å². The van der Waals surface area contributed by atoms with Crippen molar-refractivity contribution in [1.29, 1.82) is 0 Å². The Labute approximate surface area is 213 Å². The number of nitrogens with two attached hydrogens (primary N) is 3. The zero-order chi connectivity index (χ0) is 26.4. The number of morpholine rings is 1. The number of pyridine rings is 1. The first-order valence-electron chi connectivity index (χ1n) is 11.9. The van der Waals surface area contributed by atoms with Crippen molar-refractivity contribution in [3.05, 3.63) is 54.0 Å². The fourth-order valence-electron chi connectivity index (χ4n) is 3.98. The number of amidine groups is 1. The minimum absolute atomic E-state index is 0.0632. The van der Waals surface area contributed by atoms with Gasteiger partial charge in [-0.3, -0.25) is 14.6 Å². The lowest BCUT2D eigenvalue weighted by molar-refractivity contribution is 0.0320. The predicted molar refractivity (Wildman–Crippen MR) is 137 cm³/mol. The summed E-state index contributed by atoms with van der Waals surface area (Å²) in [6.07, 6.45) is 6.06. The van der Waals surface area contributed by atoms with Crippen LogP contribution in [0.1, 0.15) is 18.9 Å². The van der Waals surface area contributed by atoms with E-state index in [-0.39, 0.29) is 35.3 Å². The van der Waals surface area contributed by atoms with Gasteiger partial charge in [0.25, 0.3) is 0 Å². The van der Waals surface area contributed by atoms with E-state index in [1.165, 1.54) is 12.1 Å². The van der Waals surface area contributed by atoms with E-state index in [4.69, 9.17) is 26.9 Å². The molecular formula is C24H31F2N9O2. The van der Waals surface area contributed by atoms with Crippen LogP contribution in [0, 0.1) is 11.6 Å². The van der Waals surface area contributed by atoms with Crippen LogP contribution in [0.25, 0.3) is 11.1 Å². The summed E-state index contributed by atoms with van der Waals surface area (Å²) in [4.78, 5) is 6.33. The van der Waals surface area contributed by atoms with Crippen LogP contribution < -0.4 is 27.2 Å². The summed E-state index contributed by atoms with van der Waals surface area (Å²) in [6.45, 7) is 6.39. The highest BCUT2D eigenvalue weighted by Gasteiger charge is 2.24. The number of anilines is 2. The maximum absolute atomic E-state index is 15.1. The summed E-state index contributed by atoms with van der Waals surface area (Å²) in [7, 11) is 0. The van der Waals surface area contributed by atoms with Gasteiger partial charge in [-0.05, 0) is 24.6 Å². The Morgan fingerprint density at radius 1 is 1.16 bits per heavy atom. The Bertz CT molecular complexity index is 1240. The third-order valence-electron chi connectivity index (χ3n) is 5.98. The molecule has 3 aromatic rings. The molecule has 11 nitrogen and oxygen atoms in total. The van der Waals surface area contributed by atoms with Crippen molar-refractivity contribution in [2.45, 2.75) is 19.9 Å². The summed E-state index contributed by atoms with van der Waals surface area (Å²) < 4.78 is 42.5. The zero-order valence-electron chi connectivity index (χ0n) is 20.6. The quantitative estimate of drug-likeness (QED) is 0.168. The fraction of sp³-hybridized carbons (Fsp3) is 0.375. The monoisotopic (exact) mass is 515 g/mol. The van der Waals surface area contributed by atoms with Crippen LogP contribution in [0.4, 0.5) is 20.3 Å². The molecule has 6 N–H and O–H groups in total. The maximum atomic E-state index is 15.1.